The monoisotopic (exact) mass is 537 g/mol. The molecule has 0 radical (unpaired) electrons. The minimum Gasteiger partial charge on any atom is -0.508 e. The van der Waals surface area contributed by atoms with Crippen molar-refractivity contribution in [3.05, 3.63) is 40.8 Å². The van der Waals surface area contributed by atoms with Gasteiger partial charge in [-0.3, -0.25) is 4.98 Å². The molecule has 1 aliphatic carbocycles. The Bertz CT molecular complexity index is 1390. The smallest absolute Gasteiger partial charge is 0.216 e. The standard InChI is InChI=1S/C29H33ClFN5O2/c1-35-8-2-3-19(35)15-38-25-11-24(36-13-17-6-7-18(14-36)33-17)22-12-32-28(27(31)29(22)34-25)21-9-20(37)10-23(30)26(21)16-4-5-16/h9-12,16-19,33,37H,2-8,13-15H2,1H3/t17?,18?,19-/m0/s1. The number of piperazine rings is 1. The highest BCUT2D eigenvalue weighted by Crippen LogP contribution is 2.49. The van der Waals surface area contributed by atoms with Gasteiger partial charge in [0.2, 0.25) is 5.88 Å². The summed E-state index contributed by atoms with van der Waals surface area (Å²) >= 11 is 6.53. The molecule has 4 fully saturated rings. The second-order valence-electron chi connectivity index (χ2n) is 11.5. The van der Waals surface area contributed by atoms with Crippen LogP contribution in [0.25, 0.3) is 22.2 Å². The van der Waals surface area contributed by atoms with Gasteiger partial charge >= 0.3 is 0 Å². The molecule has 3 atom stereocenters. The van der Waals surface area contributed by atoms with E-state index in [4.69, 9.17) is 21.3 Å². The molecule has 0 spiro atoms. The molecule has 38 heavy (non-hydrogen) atoms. The lowest BCUT2D eigenvalue weighted by Gasteiger charge is -2.35. The van der Waals surface area contributed by atoms with Crippen LogP contribution in [-0.4, -0.2) is 71.4 Å². The first kappa shape index (κ1) is 24.4. The first-order chi connectivity index (χ1) is 18.4. The quantitative estimate of drug-likeness (QED) is 0.454. The molecule has 4 aliphatic rings. The van der Waals surface area contributed by atoms with Gasteiger partial charge in [0, 0.05) is 59.5 Å². The summed E-state index contributed by atoms with van der Waals surface area (Å²) < 4.78 is 22.7. The van der Waals surface area contributed by atoms with Crippen LogP contribution in [-0.2, 0) is 0 Å². The molecule has 3 aliphatic heterocycles. The number of fused-ring (bicyclic) bond motifs is 3. The number of aromatic hydroxyl groups is 1. The van der Waals surface area contributed by atoms with Crippen molar-refractivity contribution >= 4 is 28.2 Å². The zero-order valence-electron chi connectivity index (χ0n) is 21.6. The third-order valence-electron chi connectivity index (χ3n) is 8.76. The first-order valence-electron chi connectivity index (χ1n) is 13.8. The van der Waals surface area contributed by atoms with Gasteiger partial charge in [-0.1, -0.05) is 11.6 Å². The summed E-state index contributed by atoms with van der Waals surface area (Å²) in [7, 11) is 2.12. The number of anilines is 1. The number of nitrogens with one attached hydrogen (secondary N) is 1. The Hall–Kier alpha value is -2.68. The predicted molar refractivity (Wildman–Crippen MR) is 147 cm³/mol. The van der Waals surface area contributed by atoms with Crippen LogP contribution in [0.4, 0.5) is 10.1 Å². The Morgan fingerprint density at radius 1 is 1.13 bits per heavy atom. The predicted octanol–water partition coefficient (Wildman–Crippen LogP) is 5.09. The van der Waals surface area contributed by atoms with E-state index in [1.165, 1.54) is 6.07 Å². The molecular weight excluding hydrogens is 505 g/mol. The summed E-state index contributed by atoms with van der Waals surface area (Å²) in [5.74, 6) is 0.186. The van der Waals surface area contributed by atoms with Crippen molar-refractivity contribution < 1.29 is 14.2 Å². The molecule has 1 saturated carbocycles. The highest BCUT2D eigenvalue weighted by Gasteiger charge is 2.35. The van der Waals surface area contributed by atoms with E-state index in [0.29, 0.717) is 46.6 Å². The minimum atomic E-state index is -0.506. The average molecular weight is 538 g/mol. The second kappa shape index (κ2) is 9.50. The van der Waals surface area contributed by atoms with Crippen molar-refractivity contribution in [2.75, 3.05) is 38.2 Å². The Balaban J connectivity index is 1.34. The number of halogens is 2. The number of pyridine rings is 2. The van der Waals surface area contributed by atoms with Gasteiger partial charge in [-0.2, -0.15) is 0 Å². The van der Waals surface area contributed by atoms with E-state index in [1.807, 2.05) is 6.07 Å². The van der Waals surface area contributed by atoms with Gasteiger partial charge in [-0.05, 0) is 75.7 Å². The number of hydrogen-bond donors (Lipinski definition) is 2. The summed E-state index contributed by atoms with van der Waals surface area (Å²) in [6.07, 6.45) is 8.26. The maximum atomic E-state index is 16.4. The third-order valence-corrected chi connectivity index (χ3v) is 9.07. The molecule has 9 heteroatoms. The van der Waals surface area contributed by atoms with Crippen LogP contribution < -0.4 is 15.0 Å². The van der Waals surface area contributed by atoms with E-state index >= 15 is 4.39 Å². The van der Waals surface area contributed by atoms with Crippen molar-refractivity contribution in [2.45, 2.75) is 62.6 Å². The number of phenolic OH excluding ortho intramolecular Hbond substituents is 1. The zero-order valence-corrected chi connectivity index (χ0v) is 22.3. The normalized spacial score (nSPS) is 25.4. The Morgan fingerprint density at radius 2 is 1.92 bits per heavy atom. The fraction of sp³-hybridized carbons (Fsp3) is 0.517. The van der Waals surface area contributed by atoms with Gasteiger partial charge in [0.15, 0.2) is 5.82 Å². The molecule has 2 unspecified atom stereocenters. The highest BCUT2D eigenvalue weighted by atomic mass is 35.5. The lowest BCUT2D eigenvalue weighted by Crippen LogP contribution is -2.51. The number of hydrogen-bond acceptors (Lipinski definition) is 7. The summed E-state index contributed by atoms with van der Waals surface area (Å²) in [4.78, 5) is 14.0. The summed E-state index contributed by atoms with van der Waals surface area (Å²) in [6, 6.07) is 6.26. The van der Waals surface area contributed by atoms with Crippen molar-refractivity contribution in [1.82, 2.24) is 20.2 Å². The number of rotatable bonds is 6. The Labute approximate surface area is 227 Å². The molecule has 2 bridgehead atoms. The maximum Gasteiger partial charge on any atom is 0.216 e. The van der Waals surface area contributed by atoms with Crippen LogP contribution in [0.2, 0.25) is 5.02 Å². The van der Waals surface area contributed by atoms with Gasteiger partial charge in [-0.25, -0.2) is 9.37 Å². The van der Waals surface area contributed by atoms with Crippen molar-refractivity contribution in [2.24, 2.45) is 0 Å². The van der Waals surface area contributed by atoms with Crippen LogP contribution in [0.5, 0.6) is 11.6 Å². The van der Waals surface area contributed by atoms with E-state index in [1.54, 1.807) is 12.3 Å². The number of nitrogens with zero attached hydrogens (tertiary/aromatic N) is 4. The lowest BCUT2D eigenvalue weighted by atomic mass is 9.98. The molecule has 5 heterocycles. The zero-order chi connectivity index (χ0) is 26.0. The summed E-state index contributed by atoms with van der Waals surface area (Å²) in [5, 5.41) is 15.1. The van der Waals surface area contributed by atoms with E-state index in [9.17, 15) is 5.11 Å². The van der Waals surface area contributed by atoms with Crippen LogP contribution >= 0.6 is 11.6 Å². The van der Waals surface area contributed by atoms with E-state index in [2.05, 4.69) is 27.1 Å². The van der Waals surface area contributed by atoms with Crippen LogP contribution in [0.3, 0.4) is 0 Å². The molecule has 7 rings (SSSR count). The largest absolute Gasteiger partial charge is 0.508 e. The summed E-state index contributed by atoms with van der Waals surface area (Å²) in [5.41, 5.74) is 2.72. The molecular formula is C29H33ClFN5O2. The first-order valence-corrected chi connectivity index (χ1v) is 14.2. The maximum absolute atomic E-state index is 16.4. The number of aromatic nitrogens is 2. The topological polar surface area (TPSA) is 73.8 Å². The highest BCUT2D eigenvalue weighted by molar-refractivity contribution is 6.32. The molecule has 7 nitrogen and oxygen atoms in total. The molecule has 1 aromatic carbocycles. The number of ether oxygens (including phenoxy) is 1. The minimum absolute atomic E-state index is 0.00148. The number of phenols is 1. The van der Waals surface area contributed by atoms with Gasteiger partial charge < -0.3 is 25.0 Å². The number of benzene rings is 1. The number of likely N-dealkylation sites (tertiary alicyclic amines) is 1. The second-order valence-corrected chi connectivity index (χ2v) is 11.9. The van der Waals surface area contributed by atoms with Gasteiger partial charge in [0.1, 0.15) is 23.6 Å². The van der Waals surface area contributed by atoms with Crippen molar-refractivity contribution in [3.63, 3.8) is 0 Å². The third kappa shape index (κ3) is 4.36. The Kier molecular flexibility index (Phi) is 6.09. The molecule has 200 valence electrons. The molecule has 3 saturated heterocycles. The van der Waals surface area contributed by atoms with Crippen LogP contribution in [0.1, 0.15) is 50.0 Å². The van der Waals surface area contributed by atoms with E-state index in [0.717, 1.165) is 69.4 Å². The SMILES string of the molecule is CN1CCC[C@H]1COc1cc(N2CC3CCC(C2)N3)c2cnc(-c3cc(O)cc(Cl)c3C3CC3)c(F)c2n1. The Morgan fingerprint density at radius 3 is 2.63 bits per heavy atom. The van der Waals surface area contributed by atoms with Crippen LogP contribution in [0.15, 0.2) is 24.4 Å². The molecule has 2 N–H and O–H groups in total. The fourth-order valence-corrected chi connectivity index (χ4v) is 6.95. The van der Waals surface area contributed by atoms with Crippen molar-refractivity contribution in [3.8, 4) is 22.9 Å². The van der Waals surface area contributed by atoms with Gasteiger partial charge in [0.05, 0.1) is 5.69 Å². The van der Waals surface area contributed by atoms with Crippen LogP contribution in [0, 0.1) is 5.82 Å². The lowest BCUT2D eigenvalue weighted by molar-refractivity contribution is 0.193. The van der Waals surface area contributed by atoms with Crippen molar-refractivity contribution in [1.29, 1.82) is 0 Å². The van der Waals surface area contributed by atoms with E-state index < -0.39 is 5.82 Å². The van der Waals surface area contributed by atoms with E-state index in [-0.39, 0.29) is 22.9 Å². The number of likely N-dealkylation sites (N-methyl/N-ethyl adjacent to an activating group) is 1. The molecule has 3 aromatic rings. The average Bonchev–Trinajstić information content (AvgIpc) is 3.56. The molecule has 2 aromatic heterocycles. The van der Waals surface area contributed by atoms with Gasteiger partial charge in [-0.15, -0.1) is 0 Å². The van der Waals surface area contributed by atoms with Gasteiger partial charge in [0.25, 0.3) is 0 Å². The fourth-order valence-electron chi connectivity index (χ4n) is 6.59. The summed E-state index contributed by atoms with van der Waals surface area (Å²) in [6.45, 7) is 3.30. The molecule has 0 amide bonds.